The van der Waals surface area contributed by atoms with Crippen LogP contribution >= 0.6 is 0 Å². The van der Waals surface area contributed by atoms with Crippen LogP contribution in [-0.2, 0) is 20.9 Å². The van der Waals surface area contributed by atoms with E-state index < -0.39 is 11.8 Å². The molecule has 2 amide bonds. The Balaban J connectivity index is 1.77. The van der Waals surface area contributed by atoms with Gasteiger partial charge in [0.2, 0.25) is 0 Å². The van der Waals surface area contributed by atoms with Crippen molar-refractivity contribution in [3.05, 3.63) is 17.3 Å². The van der Waals surface area contributed by atoms with Crippen molar-refractivity contribution < 1.29 is 14.3 Å². The van der Waals surface area contributed by atoms with E-state index in [1.807, 2.05) is 13.8 Å². The van der Waals surface area contributed by atoms with Gasteiger partial charge >= 0.3 is 11.8 Å². The predicted molar refractivity (Wildman–Crippen MR) is 90.1 cm³/mol. The molecule has 1 aromatic rings. The van der Waals surface area contributed by atoms with Gasteiger partial charge in [0, 0.05) is 23.7 Å². The van der Waals surface area contributed by atoms with E-state index in [-0.39, 0.29) is 12.1 Å². The van der Waals surface area contributed by atoms with Crippen LogP contribution in [0.1, 0.15) is 50.8 Å². The topological polar surface area (TPSA) is 97.6 Å². The summed E-state index contributed by atoms with van der Waals surface area (Å²) in [7, 11) is 0. The van der Waals surface area contributed by atoms with E-state index >= 15 is 0 Å². The summed E-state index contributed by atoms with van der Waals surface area (Å²) in [6.07, 6.45) is 3.33. The van der Waals surface area contributed by atoms with Gasteiger partial charge < -0.3 is 20.7 Å². The van der Waals surface area contributed by atoms with Gasteiger partial charge in [0.1, 0.15) is 5.82 Å². The first-order valence-corrected chi connectivity index (χ1v) is 8.39. The van der Waals surface area contributed by atoms with Crippen molar-refractivity contribution >= 4 is 23.3 Å². The molecule has 0 saturated carbocycles. The van der Waals surface area contributed by atoms with Crippen LogP contribution in [0.3, 0.4) is 0 Å². The Morgan fingerprint density at radius 3 is 2.83 bits per heavy atom. The summed E-state index contributed by atoms with van der Waals surface area (Å²) in [6.45, 7) is 6.93. The highest BCUT2D eigenvalue weighted by molar-refractivity contribution is 6.39. The van der Waals surface area contributed by atoms with Crippen molar-refractivity contribution in [2.75, 3.05) is 17.6 Å². The Morgan fingerprint density at radius 2 is 2.08 bits per heavy atom. The fourth-order valence-electron chi connectivity index (χ4n) is 3.47. The van der Waals surface area contributed by atoms with Gasteiger partial charge in [0.25, 0.3) is 0 Å². The molecule has 3 rings (SSSR count). The van der Waals surface area contributed by atoms with E-state index in [4.69, 9.17) is 10.5 Å². The summed E-state index contributed by atoms with van der Waals surface area (Å²) in [6, 6.07) is 0.0815. The number of amides is 2. The molecule has 2 aliphatic rings. The fourth-order valence-corrected chi connectivity index (χ4v) is 3.47. The number of hydrogen-bond donors (Lipinski definition) is 2. The lowest BCUT2D eigenvalue weighted by atomic mass is 9.95. The summed E-state index contributed by atoms with van der Waals surface area (Å²) < 4.78 is 5.57. The lowest BCUT2D eigenvalue weighted by Gasteiger charge is -2.36. The number of hydrogen-bond acceptors (Lipinski definition) is 5. The van der Waals surface area contributed by atoms with Crippen molar-refractivity contribution in [2.45, 2.75) is 52.4 Å². The third-order valence-electron chi connectivity index (χ3n) is 4.96. The number of nitrogen functional groups attached to an aromatic ring is 1. The second-order valence-electron chi connectivity index (χ2n) is 6.85. The number of nitrogens with two attached hydrogens (primary N) is 1. The Bertz CT molecular complexity index is 676. The maximum atomic E-state index is 12.5. The van der Waals surface area contributed by atoms with Crippen LogP contribution in [0.25, 0.3) is 0 Å². The highest BCUT2D eigenvalue weighted by Crippen LogP contribution is 2.37. The number of nitrogens with one attached hydrogen (secondary N) is 1. The van der Waals surface area contributed by atoms with Gasteiger partial charge in [0.15, 0.2) is 0 Å². The van der Waals surface area contributed by atoms with Crippen molar-refractivity contribution in [3.8, 4) is 0 Å². The number of likely N-dealkylation sites (tertiary alicyclic amines) is 1. The molecule has 0 aliphatic carbocycles. The van der Waals surface area contributed by atoms with E-state index in [2.05, 4.69) is 17.2 Å². The predicted octanol–water partition coefficient (Wildman–Crippen LogP) is 1.84. The molecule has 1 fully saturated rings. The van der Waals surface area contributed by atoms with E-state index in [0.717, 1.165) is 24.0 Å². The normalized spacial score (nSPS) is 26.1. The molecule has 130 valence electrons. The third-order valence-corrected chi connectivity index (χ3v) is 4.96. The average Bonchev–Trinajstić information content (AvgIpc) is 2.94. The van der Waals surface area contributed by atoms with Crippen LogP contribution in [0, 0.1) is 5.92 Å². The second-order valence-corrected chi connectivity index (χ2v) is 6.85. The Hall–Kier alpha value is -2.15. The first-order valence-electron chi connectivity index (χ1n) is 8.39. The molecule has 3 N–H and O–H groups in total. The molecule has 7 nitrogen and oxygen atoms in total. The molecular formula is C17H24N4O3. The summed E-state index contributed by atoms with van der Waals surface area (Å²) in [5.41, 5.74) is 7.99. The maximum Gasteiger partial charge on any atom is 0.313 e. The molecule has 0 spiro atoms. The number of rotatable bonds is 1. The molecule has 0 radical (unpaired) electrons. The van der Waals surface area contributed by atoms with Crippen LogP contribution in [-0.4, -0.2) is 34.3 Å². The first kappa shape index (κ1) is 16.7. The van der Waals surface area contributed by atoms with Crippen molar-refractivity contribution in [2.24, 2.45) is 5.92 Å². The van der Waals surface area contributed by atoms with Gasteiger partial charge in [-0.2, -0.15) is 0 Å². The molecule has 3 atom stereocenters. The van der Waals surface area contributed by atoms with E-state index in [1.54, 1.807) is 4.90 Å². The highest BCUT2D eigenvalue weighted by Gasteiger charge is 2.32. The molecule has 1 aromatic heterocycles. The monoisotopic (exact) mass is 332 g/mol. The minimum absolute atomic E-state index is 0.0815. The van der Waals surface area contributed by atoms with Crippen molar-refractivity contribution in [1.29, 1.82) is 0 Å². The van der Waals surface area contributed by atoms with Gasteiger partial charge in [-0.25, -0.2) is 4.98 Å². The number of nitrogens with zero attached hydrogens (tertiary/aromatic N) is 2. The quantitative estimate of drug-likeness (QED) is 0.765. The smallest absolute Gasteiger partial charge is 0.313 e. The Kier molecular flexibility index (Phi) is 4.45. The summed E-state index contributed by atoms with van der Waals surface area (Å²) in [4.78, 5) is 30.7. The van der Waals surface area contributed by atoms with Gasteiger partial charge in [-0.15, -0.1) is 0 Å². The number of ether oxygens (including phenoxy) is 1. The zero-order valence-electron chi connectivity index (χ0n) is 14.3. The molecule has 1 saturated heterocycles. The van der Waals surface area contributed by atoms with E-state index in [0.29, 0.717) is 30.6 Å². The minimum atomic E-state index is -0.635. The lowest BCUT2D eigenvalue weighted by Crippen LogP contribution is -2.49. The third kappa shape index (κ3) is 2.96. The van der Waals surface area contributed by atoms with Crippen molar-refractivity contribution in [3.63, 3.8) is 0 Å². The first-order chi connectivity index (χ1) is 11.4. The van der Waals surface area contributed by atoms with Crippen LogP contribution in [0.2, 0.25) is 0 Å². The lowest BCUT2D eigenvalue weighted by molar-refractivity contribution is -0.146. The number of anilines is 2. The maximum absolute atomic E-state index is 12.5. The van der Waals surface area contributed by atoms with E-state index in [1.165, 1.54) is 6.20 Å². The number of aromatic nitrogens is 1. The molecule has 3 heterocycles. The zero-order valence-corrected chi connectivity index (χ0v) is 14.3. The largest absolute Gasteiger partial charge is 0.383 e. The number of piperidine rings is 1. The number of carbonyl (C=O) groups is 2. The molecule has 7 heteroatoms. The standard InChI is InChI=1S/C17H24N4O3/c1-9-4-5-10(2)21(7-9)17(23)16(22)20-13-6-19-15(18)14-11(3)24-8-12(13)14/h6,9-11H,4-5,7-8H2,1-3H3,(H2,18,19)(H,20,22)/t9-,10-,11-/m0/s1. The number of carbonyl (C=O) groups excluding carboxylic acids is 2. The molecule has 0 aromatic carbocycles. The second kappa shape index (κ2) is 6.39. The van der Waals surface area contributed by atoms with Gasteiger partial charge in [-0.3, -0.25) is 9.59 Å². The number of fused-ring (bicyclic) bond motifs is 1. The van der Waals surface area contributed by atoms with Crippen LogP contribution < -0.4 is 11.1 Å². The zero-order chi connectivity index (χ0) is 17.4. The summed E-state index contributed by atoms with van der Waals surface area (Å²) in [5.74, 6) is -0.316. The van der Waals surface area contributed by atoms with Crippen LogP contribution in [0.5, 0.6) is 0 Å². The van der Waals surface area contributed by atoms with Gasteiger partial charge in [-0.05, 0) is 32.6 Å². The molecule has 0 bridgehead atoms. The number of pyridine rings is 1. The van der Waals surface area contributed by atoms with Crippen LogP contribution in [0.15, 0.2) is 6.20 Å². The van der Waals surface area contributed by atoms with Gasteiger partial charge in [0.05, 0.1) is 24.6 Å². The SMILES string of the molecule is C[C@H]1CC[C@H](C)N(C(=O)C(=O)Nc2cnc(N)c3c2CO[C@H]3C)C1. The Morgan fingerprint density at radius 1 is 1.33 bits per heavy atom. The summed E-state index contributed by atoms with van der Waals surface area (Å²) >= 11 is 0. The molecular weight excluding hydrogens is 308 g/mol. The van der Waals surface area contributed by atoms with Crippen LogP contribution in [0.4, 0.5) is 11.5 Å². The van der Waals surface area contributed by atoms with Gasteiger partial charge in [-0.1, -0.05) is 6.92 Å². The minimum Gasteiger partial charge on any atom is -0.383 e. The van der Waals surface area contributed by atoms with E-state index in [9.17, 15) is 9.59 Å². The Labute approximate surface area is 141 Å². The molecule has 2 aliphatic heterocycles. The fraction of sp³-hybridized carbons (Fsp3) is 0.588. The molecule has 0 unspecified atom stereocenters. The summed E-state index contributed by atoms with van der Waals surface area (Å²) in [5, 5.41) is 2.69. The van der Waals surface area contributed by atoms with Crippen molar-refractivity contribution in [1.82, 2.24) is 9.88 Å². The average molecular weight is 332 g/mol. The highest BCUT2D eigenvalue weighted by atomic mass is 16.5. The molecule has 24 heavy (non-hydrogen) atoms.